The molecule has 1 heterocycles. The van der Waals surface area contributed by atoms with E-state index in [9.17, 15) is 9.59 Å². The highest BCUT2D eigenvalue weighted by atomic mass is 16.6. The van der Waals surface area contributed by atoms with Crippen LogP contribution in [0.5, 0.6) is 5.75 Å². The van der Waals surface area contributed by atoms with Crippen LogP contribution in [-0.2, 0) is 14.3 Å². The molecule has 2 aromatic carbocycles. The fourth-order valence-electron chi connectivity index (χ4n) is 2.14. The van der Waals surface area contributed by atoms with E-state index in [2.05, 4.69) is 11.6 Å². The molecule has 0 bridgehead atoms. The van der Waals surface area contributed by atoms with Crippen molar-refractivity contribution in [3.05, 3.63) is 83.6 Å². The van der Waals surface area contributed by atoms with Gasteiger partial charge in [0.05, 0.1) is 0 Å². The Kier molecular flexibility index (Phi) is 4.57. The van der Waals surface area contributed by atoms with Gasteiger partial charge < -0.3 is 9.47 Å². The van der Waals surface area contributed by atoms with Crippen LogP contribution in [0.1, 0.15) is 18.1 Å². The maximum Gasteiger partial charge on any atom is 0.363 e. The molecule has 1 aliphatic rings. The molecule has 0 atom stereocenters. The number of rotatable bonds is 4. The van der Waals surface area contributed by atoms with Gasteiger partial charge in [0.1, 0.15) is 5.75 Å². The first-order valence-electron chi connectivity index (χ1n) is 7.59. The van der Waals surface area contributed by atoms with Gasteiger partial charge in [-0.2, -0.15) is 0 Å². The molecular formula is C20H15NO4. The van der Waals surface area contributed by atoms with Crippen LogP contribution in [-0.4, -0.2) is 17.8 Å². The number of nitrogens with zero attached hydrogens (tertiary/aromatic N) is 1. The normalized spacial score (nSPS) is 14.8. The Bertz CT molecular complexity index is 910. The van der Waals surface area contributed by atoms with Gasteiger partial charge in [-0.1, -0.05) is 43.0 Å². The standard InChI is InChI=1S/C20H15NO4/c1-13(2)19(22)24-17-11-7-6-10-15(17)12-16-20(23)25-18(21-16)14-8-4-3-5-9-14/h3-12H,1H2,2H3/b16-12-. The average molecular weight is 333 g/mol. The summed E-state index contributed by atoms with van der Waals surface area (Å²) in [7, 11) is 0. The number of aliphatic imine (C=N–C) groups is 1. The van der Waals surface area contributed by atoms with Crippen molar-refractivity contribution in [1.82, 2.24) is 0 Å². The topological polar surface area (TPSA) is 65.0 Å². The average Bonchev–Trinajstić information content (AvgIpc) is 2.98. The van der Waals surface area contributed by atoms with E-state index in [4.69, 9.17) is 9.47 Å². The van der Waals surface area contributed by atoms with E-state index >= 15 is 0 Å². The fraction of sp³-hybridized carbons (Fsp3) is 0.0500. The number of ether oxygens (including phenoxy) is 2. The fourth-order valence-corrected chi connectivity index (χ4v) is 2.14. The van der Waals surface area contributed by atoms with Crippen LogP contribution < -0.4 is 4.74 Å². The van der Waals surface area contributed by atoms with Gasteiger partial charge in [0, 0.05) is 16.7 Å². The van der Waals surface area contributed by atoms with Crippen molar-refractivity contribution in [2.75, 3.05) is 0 Å². The zero-order chi connectivity index (χ0) is 17.8. The van der Waals surface area contributed by atoms with Crippen LogP contribution in [0.15, 0.2) is 77.4 Å². The second-order valence-electron chi connectivity index (χ2n) is 5.41. The summed E-state index contributed by atoms with van der Waals surface area (Å²) in [5.74, 6) is -0.527. The van der Waals surface area contributed by atoms with Crippen LogP contribution in [0.3, 0.4) is 0 Å². The molecule has 0 spiro atoms. The molecule has 0 radical (unpaired) electrons. The molecule has 0 N–H and O–H groups in total. The number of esters is 2. The quantitative estimate of drug-likeness (QED) is 0.488. The second kappa shape index (κ2) is 6.97. The highest BCUT2D eigenvalue weighted by molar-refractivity contribution is 6.13. The van der Waals surface area contributed by atoms with Gasteiger partial charge in [0.25, 0.3) is 0 Å². The van der Waals surface area contributed by atoms with Crippen molar-refractivity contribution in [2.24, 2.45) is 4.99 Å². The lowest BCUT2D eigenvalue weighted by molar-refractivity contribution is -0.130. The number of cyclic esters (lactones) is 1. The van der Waals surface area contributed by atoms with Crippen molar-refractivity contribution in [3.8, 4) is 5.75 Å². The molecule has 25 heavy (non-hydrogen) atoms. The molecule has 0 saturated heterocycles. The summed E-state index contributed by atoms with van der Waals surface area (Å²) in [5.41, 5.74) is 1.67. The van der Waals surface area contributed by atoms with E-state index in [-0.39, 0.29) is 17.2 Å². The number of hydrogen-bond donors (Lipinski definition) is 0. The Morgan fingerprint density at radius 1 is 1.12 bits per heavy atom. The van der Waals surface area contributed by atoms with Gasteiger partial charge in [-0.15, -0.1) is 0 Å². The smallest absolute Gasteiger partial charge is 0.363 e. The Hall–Kier alpha value is -3.47. The number of para-hydroxylation sites is 1. The Morgan fingerprint density at radius 3 is 2.52 bits per heavy atom. The van der Waals surface area contributed by atoms with Gasteiger partial charge >= 0.3 is 11.9 Å². The maximum atomic E-state index is 12.1. The molecule has 0 saturated carbocycles. The lowest BCUT2D eigenvalue weighted by Gasteiger charge is -2.06. The van der Waals surface area contributed by atoms with E-state index in [1.807, 2.05) is 18.2 Å². The van der Waals surface area contributed by atoms with Crippen molar-refractivity contribution in [3.63, 3.8) is 0 Å². The summed E-state index contributed by atoms with van der Waals surface area (Å²) < 4.78 is 10.5. The minimum Gasteiger partial charge on any atom is -0.423 e. The third kappa shape index (κ3) is 3.72. The van der Waals surface area contributed by atoms with Crippen LogP contribution >= 0.6 is 0 Å². The predicted molar refractivity (Wildman–Crippen MR) is 93.9 cm³/mol. The van der Waals surface area contributed by atoms with Crippen molar-refractivity contribution in [2.45, 2.75) is 6.92 Å². The van der Waals surface area contributed by atoms with E-state index in [0.29, 0.717) is 16.9 Å². The summed E-state index contributed by atoms with van der Waals surface area (Å²) in [6, 6.07) is 16.0. The van der Waals surface area contributed by atoms with E-state index < -0.39 is 11.9 Å². The lowest BCUT2D eigenvalue weighted by atomic mass is 10.1. The number of benzene rings is 2. The van der Waals surface area contributed by atoms with Gasteiger partial charge in [-0.25, -0.2) is 14.6 Å². The Labute approximate surface area is 144 Å². The number of carbonyl (C=O) groups excluding carboxylic acids is 2. The molecule has 3 rings (SSSR count). The summed E-state index contributed by atoms with van der Waals surface area (Å²) in [6.07, 6.45) is 1.53. The van der Waals surface area contributed by atoms with Gasteiger partial charge in [-0.3, -0.25) is 0 Å². The minimum atomic E-state index is -0.556. The molecule has 5 heteroatoms. The Balaban J connectivity index is 1.93. The highest BCUT2D eigenvalue weighted by Gasteiger charge is 2.24. The molecule has 0 amide bonds. The van der Waals surface area contributed by atoms with Crippen molar-refractivity contribution >= 4 is 23.9 Å². The van der Waals surface area contributed by atoms with Crippen molar-refractivity contribution < 1.29 is 19.1 Å². The molecule has 1 aliphatic heterocycles. The summed E-state index contributed by atoms with van der Waals surface area (Å²) in [6.45, 7) is 5.12. The lowest BCUT2D eigenvalue weighted by Crippen LogP contribution is -2.09. The first-order chi connectivity index (χ1) is 12.0. The predicted octanol–water partition coefficient (Wildman–Crippen LogP) is 3.51. The largest absolute Gasteiger partial charge is 0.423 e. The maximum absolute atomic E-state index is 12.1. The number of hydrogen-bond acceptors (Lipinski definition) is 5. The molecule has 0 aromatic heterocycles. The zero-order valence-corrected chi connectivity index (χ0v) is 13.6. The number of carbonyl (C=O) groups is 2. The van der Waals surface area contributed by atoms with Crippen LogP contribution in [0.4, 0.5) is 0 Å². The first-order valence-corrected chi connectivity index (χ1v) is 7.59. The summed E-state index contributed by atoms with van der Waals surface area (Å²) in [5, 5.41) is 0. The van der Waals surface area contributed by atoms with Gasteiger partial charge in [-0.05, 0) is 31.2 Å². The SMILES string of the molecule is C=C(C)C(=O)Oc1ccccc1/C=C1\N=C(c2ccccc2)OC1=O. The Morgan fingerprint density at radius 2 is 1.80 bits per heavy atom. The first kappa shape index (κ1) is 16.4. The summed E-state index contributed by atoms with van der Waals surface area (Å²) in [4.78, 5) is 28.1. The van der Waals surface area contributed by atoms with E-state index in [1.54, 1.807) is 43.3 Å². The second-order valence-corrected chi connectivity index (χ2v) is 5.41. The molecule has 0 unspecified atom stereocenters. The summed E-state index contributed by atoms with van der Waals surface area (Å²) >= 11 is 0. The third-order valence-electron chi connectivity index (χ3n) is 3.40. The van der Waals surface area contributed by atoms with Gasteiger partial charge in [0.2, 0.25) is 5.90 Å². The third-order valence-corrected chi connectivity index (χ3v) is 3.40. The van der Waals surface area contributed by atoms with Crippen LogP contribution in [0.2, 0.25) is 0 Å². The van der Waals surface area contributed by atoms with E-state index in [0.717, 1.165) is 0 Å². The molecule has 0 fully saturated rings. The van der Waals surface area contributed by atoms with Crippen LogP contribution in [0, 0.1) is 0 Å². The van der Waals surface area contributed by atoms with Gasteiger partial charge in [0.15, 0.2) is 5.70 Å². The monoisotopic (exact) mass is 333 g/mol. The van der Waals surface area contributed by atoms with Crippen LogP contribution in [0.25, 0.3) is 6.08 Å². The molecule has 0 aliphatic carbocycles. The molecule has 2 aromatic rings. The zero-order valence-electron chi connectivity index (χ0n) is 13.6. The minimum absolute atomic E-state index is 0.137. The van der Waals surface area contributed by atoms with Crippen molar-refractivity contribution in [1.29, 1.82) is 0 Å². The molecular weight excluding hydrogens is 318 g/mol. The highest BCUT2D eigenvalue weighted by Crippen LogP contribution is 2.25. The van der Waals surface area contributed by atoms with E-state index in [1.165, 1.54) is 6.08 Å². The molecule has 124 valence electrons. The molecule has 5 nitrogen and oxygen atoms in total.